The molecule has 0 bridgehead atoms. The van der Waals surface area contributed by atoms with Crippen LogP contribution in [0.25, 0.3) is 0 Å². The van der Waals surface area contributed by atoms with Crippen molar-refractivity contribution < 1.29 is 9.47 Å². The molecule has 5 heterocycles. The molecule has 2 fully saturated rings. The molecule has 5 rings (SSSR count). The number of pyridine rings is 2. The van der Waals surface area contributed by atoms with E-state index in [0.29, 0.717) is 0 Å². The van der Waals surface area contributed by atoms with Crippen molar-refractivity contribution in [3.63, 3.8) is 0 Å². The predicted octanol–water partition coefficient (Wildman–Crippen LogP) is 4.99. The van der Waals surface area contributed by atoms with E-state index in [1.54, 1.807) is 0 Å². The summed E-state index contributed by atoms with van der Waals surface area (Å²) in [7, 11) is 0. The number of aromatic nitrogens is 2. The van der Waals surface area contributed by atoms with Crippen LogP contribution in [-0.4, -0.2) is 54.3 Å². The fraction of sp³-hybridized carbons (Fsp3) is 0.524. The number of rotatable bonds is 4. The second kappa shape index (κ2) is 7.18. The quantitative estimate of drug-likeness (QED) is 0.562. The second-order valence-electron chi connectivity index (χ2n) is 8.88. The Balaban J connectivity index is 1.33. The number of fused-ring (bicyclic) bond motifs is 3. The van der Waals surface area contributed by atoms with E-state index in [1.807, 2.05) is 24.5 Å². The Bertz CT molecular complexity index is 889. The van der Waals surface area contributed by atoms with Crippen LogP contribution in [0.4, 0.5) is 11.6 Å². The van der Waals surface area contributed by atoms with Crippen molar-refractivity contribution in [2.75, 3.05) is 44.3 Å². The first-order valence-corrected chi connectivity index (χ1v) is 11.5. The van der Waals surface area contributed by atoms with Crippen LogP contribution < -0.4 is 9.64 Å². The monoisotopic (exact) mass is 522 g/mol. The largest absolute Gasteiger partial charge is 0.449 e. The Morgan fingerprint density at radius 2 is 1.48 bits per heavy atom. The van der Waals surface area contributed by atoms with Crippen molar-refractivity contribution in [1.82, 2.24) is 14.9 Å². The predicted molar refractivity (Wildman–Crippen MR) is 119 cm³/mol. The summed E-state index contributed by atoms with van der Waals surface area (Å²) >= 11 is 6.99. The molecule has 3 aliphatic heterocycles. The molecule has 0 spiro atoms. The highest BCUT2D eigenvalue weighted by Gasteiger charge is 2.55. The van der Waals surface area contributed by atoms with Gasteiger partial charge in [0.15, 0.2) is 23.1 Å². The van der Waals surface area contributed by atoms with Gasteiger partial charge >= 0.3 is 0 Å². The molecule has 29 heavy (non-hydrogen) atoms. The van der Waals surface area contributed by atoms with Crippen LogP contribution in [0, 0.1) is 10.8 Å². The molecule has 2 aromatic rings. The van der Waals surface area contributed by atoms with Gasteiger partial charge in [-0.15, -0.1) is 0 Å². The number of hydrogen-bond donors (Lipinski definition) is 0. The number of hydrogen-bond acceptors (Lipinski definition) is 6. The van der Waals surface area contributed by atoms with E-state index < -0.39 is 0 Å². The third-order valence-electron chi connectivity index (χ3n) is 6.63. The van der Waals surface area contributed by atoms with Crippen LogP contribution in [-0.2, 0) is 4.74 Å². The smallest absolute Gasteiger partial charge is 0.177 e. The lowest BCUT2D eigenvalue weighted by atomic mass is 9.71. The average molecular weight is 524 g/mol. The Morgan fingerprint density at radius 1 is 0.931 bits per heavy atom. The highest BCUT2D eigenvalue weighted by Crippen LogP contribution is 2.50. The van der Waals surface area contributed by atoms with Gasteiger partial charge in [-0.25, -0.2) is 9.97 Å². The van der Waals surface area contributed by atoms with Crippen molar-refractivity contribution in [2.45, 2.75) is 20.3 Å². The molecule has 6 nitrogen and oxygen atoms in total. The molecule has 0 saturated carbocycles. The Labute approximate surface area is 187 Å². The summed E-state index contributed by atoms with van der Waals surface area (Å²) < 4.78 is 13.7. The summed E-state index contributed by atoms with van der Waals surface area (Å²) in [5.41, 5.74) is 0.541. The summed E-state index contributed by atoms with van der Waals surface area (Å²) in [5.74, 6) is 3.14. The Morgan fingerprint density at radius 3 is 2.03 bits per heavy atom. The van der Waals surface area contributed by atoms with E-state index >= 15 is 0 Å². The number of ether oxygens (including phenoxy) is 2. The third-order valence-corrected chi connectivity index (χ3v) is 7.50. The molecule has 0 aliphatic carbocycles. The number of nitrogens with zero attached hydrogens (tertiary/aromatic N) is 4. The lowest BCUT2D eigenvalue weighted by molar-refractivity contribution is 0.130. The first-order chi connectivity index (χ1) is 13.9. The molecular formula is C21H24Br2N4O2. The van der Waals surface area contributed by atoms with Crippen molar-refractivity contribution >= 4 is 43.5 Å². The summed E-state index contributed by atoms with van der Waals surface area (Å²) in [5, 5.41) is 0. The van der Waals surface area contributed by atoms with Crippen molar-refractivity contribution in [1.29, 1.82) is 0 Å². The van der Waals surface area contributed by atoms with Crippen LogP contribution in [0.2, 0.25) is 0 Å². The molecule has 2 atom stereocenters. The molecule has 0 radical (unpaired) electrons. The Hall–Kier alpha value is -1.22. The number of halogens is 2. The standard InChI is InChI=1S/C21H24Br2N4O2/c1-20-10-26(11-21(20,2)13-28-12-20)4-3-5-27-18-16(6-14(22)8-24-18)29-17-7-15(23)9-25-19(17)27/h6-9H,3-5,10-13H2,1-2H3/t20-,21+. The highest BCUT2D eigenvalue weighted by atomic mass is 79.9. The van der Waals surface area contributed by atoms with Gasteiger partial charge in [0.1, 0.15) is 0 Å². The number of likely N-dealkylation sites (tertiary alicyclic amines) is 1. The van der Waals surface area contributed by atoms with E-state index in [4.69, 9.17) is 9.47 Å². The van der Waals surface area contributed by atoms with E-state index in [9.17, 15) is 0 Å². The molecule has 0 amide bonds. The molecule has 0 aromatic carbocycles. The topological polar surface area (TPSA) is 50.7 Å². The molecule has 8 heteroatoms. The minimum Gasteiger partial charge on any atom is -0.449 e. The highest BCUT2D eigenvalue weighted by molar-refractivity contribution is 9.10. The summed E-state index contributed by atoms with van der Waals surface area (Å²) in [6.45, 7) is 10.6. The van der Waals surface area contributed by atoms with Gasteiger partial charge in [0.25, 0.3) is 0 Å². The van der Waals surface area contributed by atoms with E-state index in [-0.39, 0.29) is 10.8 Å². The van der Waals surface area contributed by atoms with Crippen LogP contribution in [0.3, 0.4) is 0 Å². The van der Waals surface area contributed by atoms with Crippen molar-refractivity contribution in [3.8, 4) is 11.5 Å². The fourth-order valence-electron chi connectivity index (χ4n) is 4.79. The van der Waals surface area contributed by atoms with E-state index in [0.717, 1.165) is 77.9 Å². The fourth-order valence-corrected chi connectivity index (χ4v) is 5.41. The van der Waals surface area contributed by atoms with Crippen LogP contribution in [0.5, 0.6) is 11.5 Å². The van der Waals surface area contributed by atoms with Crippen LogP contribution >= 0.6 is 31.9 Å². The summed E-state index contributed by atoms with van der Waals surface area (Å²) in [4.78, 5) is 14.0. The second-order valence-corrected chi connectivity index (χ2v) is 10.7. The molecule has 0 unspecified atom stereocenters. The zero-order valence-electron chi connectivity index (χ0n) is 16.6. The van der Waals surface area contributed by atoms with Gasteiger partial charge in [-0.1, -0.05) is 13.8 Å². The van der Waals surface area contributed by atoms with Crippen LogP contribution in [0.1, 0.15) is 20.3 Å². The zero-order valence-corrected chi connectivity index (χ0v) is 19.8. The minimum atomic E-state index is 0.271. The lowest BCUT2D eigenvalue weighted by Gasteiger charge is -2.31. The molecular weight excluding hydrogens is 500 g/mol. The normalized spacial score (nSPS) is 28.1. The van der Waals surface area contributed by atoms with Gasteiger partial charge in [0.2, 0.25) is 0 Å². The maximum absolute atomic E-state index is 6.07. The molecule has 154 valence electrons. The third kappa shape index (κ3) is 3.38. The molecule has 3 aliphatic rings. The van der Waals surface area contributed by atoms with Crippen molar-refractivity contribution in [3.05, 3.63) is 33.5 Å². The average Bonchev–Trinajstić information content (AvgIpc) is 3.07. The van der Waals surface area contributed by atoms with Gasteiger partial charge < -0.3 is 19.3 Å². The maximum Gasteiger partial charge on any atom is 0.177 e. The summed E-state index contributed by atoms with van der Waals surface area (Å²) in [6, 6.07) is 3.92. The van der Waals surface area contributed by atoms with E-state index in [2.05, 4.69) is 65.5 Å². The van der Waals surface area contributed by atoms with Crippen molar-refractivity contribution in [2.24, 2.45) is 10.8 Å². The van der Waals surface area contributed by atoms with Gasteiger partial charge in [-0.2, -0.15) is 0 Å². The maximum atomic E-state index is 6.07. The van der Waals surface area contributed by atoms with Crippen LogP contribution in [0.15, 0.2) is 33.5 Å². The first-order valence-electron chi connectivity index (χ1n) is 9.94. The van der Waals surface area contributed by atoms with Gasteiger partial charge in [-0.05, 0) is 44.8 Å². The molecule has 2 saturated heterocycles. The van der Waals surface area contributed by atoms with Gasteiger partial charge in [-0.3, -0.25) is 0 Å². The lowest BCUT2D eigenvalue weighted by Crippen LogP contribution is -2.34. The molecule has 0 N–H and O–H groups in total. The molecule has 2 aromatic heterocycles. The summed E-state index contributed by atoms with van der Waals surface area (Å²) in [6.07, 6.45) is 4.64. The number of anilines is 2. The SMILES string of the molecule is C[C@@]12COC[C@]1(C)CN(CCCN1c3ncc(Br)cc3Oc3cc(Br)cnc31)C2. The van der Waals surface area contributed by atoms with E-state index in [1.165, 1.54) is 0 Å². The first kappa shape index (κ1) is 19.7. The zero-order chi connectivity index (χ0) is 20.2. The minimum absolute atomic E-state index is 0.271. The van der Waals surface area contributed by atoms with Gasteiger partial charge in [0, 0.05) is 63.9 Å². The Kier molecular flexibility index (Phi) is 4.89. The van der Waals surface area contributed by atoms with Gasteiger partial charge in [0.05, 0.1) is 13.2 Å².